The van der Waals surface area contributed by atoms with Gasteiger partial charge in [-0.25, -0.2) is 22.5 Å². The van der Waals surface area contributed by atoms with E-state index in [0.29, 0.717) is 5.56 Å². The molecule has 0 amide bonds. The summed E-state index contributed by atoms with van der Waals surface area (Å²) in [6.45, 7) is 1.57. The van der Waals surface area contributed by atoms with Gasteiger partial charge < -0.3 is 10.8 Å². The second-order valence-electron chi connectivity index (χ2n) is 8.46. The Morgan fingerprint density at radius 3 is 2.54 bits per heavy atom. The molecule has 1 aliphatic carbocycles. The first kappa shape index (κ1) is 24.2. The molecule has 0 spiro atoms. The highest BCUT2D eigenvalue weighted by Gasteiger charge is 2.49. The molecule has 2 atom stereocenters. The Balaban J connectivity index is 1.93. The van der Waals surface area contributed by atoms with Crippen LogP contribution in [0, 0.1) is 28.5 Å². The van der Waals surface area contributed by atoms with Gasteiger partial charge in [0.15, 0.2) is 0 Å². The number of fused-ring (bicyclic) bond motifs is 1. The second kappa shape index (κ2) is 9.01. The predicted molar refractivity (Wildman–Crippen MR) is 120 cm³/mol. The van der Waals surface area contributed by atoms with Crippen molar-refractivity contribution in [2.45, 2.75) is 44.4 Å². The van der Waals surface area contributed by atoms with Crippen LogP contribution in [-0.2, 0) is 12.8 Å². The number of anilines is 1. The SMILES string of the molecule is CCC(F)c1cc(F)cc(C#N)c1Cc1ccc(-c2cnc(N)cc2C#N)c2c1CC(F)(F)C2O. The number of aromatic nitrogens is 1. The fourth-order valence-electron chi connectivity index (χ4n) is 4.60. The lowest BCUT2D eigenvalue weighted by Crippen LogP contribution is -2.21. The topological polar surface area (TPSA) is 107 Å². The molecule has 178 valence electrons. The molecule has 9 heteroatoms. The van der Waals surface area contributed by atoms with Gasteiger partial charge in [-0.15, -0.1) is 0 Å². The Hall–Kier alpha value is -3.95. The number of nitrogen functional groups attached to an aromatic ring is 1. The van der Waals surface area contributed by atoms with Crippen LogP contribution < -0.4 is 5.73 Å². The van der Waals surface area contributed by atoms with Crippen molar-refractivity contribution in [3.8, 4) is 23.3 Å². The summed E-state index contributed by atoms with van der Waals surface area (Å²) in [5, 5.41) is 29.6. The van der Waals surface area contributed by atoms with Gasteiger partial charge in [0.2, 0.25) is 0 Å². The predicted octanol–water partition coefficient (Wildman–Crippen LogP) is 5.45. The van der Waals surface area contributed by atoms with Gasteiger partial charge >= 0.3 is 0 Å². The Morgan fingerprint density at radius 1 is 1.17 bits per heavy atom. The maximum atomic E-state index is 14.7. The third kappa shape index (κ3) is 4.20. The Morgan fingerprint density at radius 2 is 1.89 bits per heavy atom. The number of nitrogens with two attached hydrogens (primary N) is 1. The molecule has 1 heterocycles. The minimum absolute atomic E-state index is 0.0123. The molecule has 1 aromatic heterocycles. The van der Waals surface area contributed by atoms with Crippen LogP contribution in [0.25, 0.3) is 11.1 Å². The number of benzene rings is 2. The summed E-state index contributed by atoms with van der Waals surface area (Å²) < 4.78 is 58.2. The summed E-state index contributed by atoms with van der Waals surface area (Å²) in [6, 6.07) is 10.2. The first-order valence-electron chi connectivity index (χ1n) is 10.8. The first-order chi connectivity index (χ1) is 16.6. The molecule has 0 saturated heterocycles. The van der Waals surface area contributed by atoms with Crippen LogP contribution in [-0.4, -0.2) is 16.0 Å². The molecule has 1 aliphatic rings. The fourth-order valence-corrected chi connectivity index (χ4v) is 4.60. The van der Waals surface area contributed by atoms with Gasteiger partial charge in [0.1, 0.15) is 23.9 Å². The van der Waals surface area contributed by atoms with Crippen molar-refractivity contribution in [1.82, 2.24) is 4.98 Å². The van der Waals surface area contributed by atoms with Gasteiger partial charge in [-0.1, -0.05) is 19.1 Å². The van der Waals surface area contributed by atoms with Crippen LogP contribution in [0.15, 0.2) is 36.5 Å². The number of halogens is 4. The zero-order valence-electron chi connectivity index (χ0n) is 18.6. The van der Waals surface area contributed by atoms with E-state index in [1.807, 2.05) is 12.1 Å². The zero-order chi connectivity index (χ0) is 25.5. The van der Waals surface area contributed by atoms with Crippen molar-refractivity contribution in [3.63, 3.8) is 0 Å². The van der Waals surface area contributed by atoms with Gasteiger partial charge in [0.25, 0.3) is 5.92 Å². The van der Waals surface area contributed by atoms with E-state index < -0.39 is 30.4 Å². The van der Waals surface area contributed by atoms with Gasteiger partial charge in [-0.3, -0.25) is 0 Å². The third-order valence-corrected chi connectivity index (χ3v) is 6.31. The van der Waals surface area contributed by atoms with Crippen LogP contribution in [0.1, 0.15) is 64.6 Å². The van der Waals surface area contributed by atoms with E-state index in [9.17, 15) is 33.2 Å². The summed E-state index contributed by atoms with van der Waals surface area (Å²) in [6.07, 6.45) is -3.28. The maximum absolute atomic E-state index is 14.7. The number of alkyl halides is 3. The summed E-state index contributed by atoms with van der Waals surface area (Å²) in [7, 11) is 0. The zero-order valence-corrected chi connectivity index (χ0v) is 18.6. The highest BCUT2D eigenvalue weighted by molar-refractivity contribution is 5.77. The summed E-state index contributed by atoms with van der Waals surface area (Å²) >= 11 is 0. The lowest BCUT2D eigenvalue weighted by Gasteiger charge is -2.19. The van der Waals surface area contributed by atoms with Crippen LogP contribution >= 0.6 is 0 Å². The van der Waals surface area contributed by atoms with Crippen LogP contribution in [0.2, 0.25) is 0 Å². The molecule has 3 aromatic rings. The van der Waals surface area contributed by atoms with E-state index in [2.05, 4.69) is 4.98 Å². The normalized spacial score (nSPS) is 16.9. The van der Waals surface area contributed by atoms with E-state index in [-0.39, 0.29) is 63.2 Å². The molecule has 0 fully saturated rings. The summed E-state index contributed by atoms with van der Waals surface area (Å²) in [4.78, 5) is 3.96. The van der Waals surface area contributed by atoms with Gasteiger partial charge in [-0.2, -0.15) is 10.5 Å². The molecular weight excluding hydrogens is 460 g/mol. The van der Waals surface area contributed by atoms with Crippen LogP contribution in [0.4, 0.5) is 23.4 Å². The highest BCUT2D eigenvalue weighted by Crippen LogP contribution is 2.49. The number of rotatable bonds is 5. The molecule has 2 aromatic carbocycles. The van der Waals surface area contributed by atoms with Gasteiger partial charge in [0, 0.05) is 18.2 Å². The Kier molecular flexibility index (Phi) is 6.23. The van der Waals surface area contributed by atoms with Crippen LogP contribution in [0.5, 0.6) is 0 Å². The molecule has 0 saturated carbocycles. The van der Waals surface area contributed by atoms with E-state index in [4.69, 9.17) is 5.73 Å². The van der Waals surface area contributed by atoms with Gasteiger partial charge in [-0.05, 0) is 64.4 Å². The molecule has 0 aliphatic heterocycles. The largest absolute Gasteiger partial charge is 0.384 e. The van der Waals surface area contributed by atoms with Gasteiger partial charge in [0.05, 0.1) is 23.3 Å². The average Bonchev–Trinajstić information content (AvgIpc) is 3.08. The number of hydrogen-bond acceptors (Lipinski definition) is 5. The Bertz CT molecular complexity index is 1410. The van der Waals surface area contributed by atoms with Crippen molar-refractivity contribution in [1.29, 1.82) is 10.5 Å². The number of nitrogens with zero attached hydrogens (tertiary/aromatic N) is 3. The maximum Gasteiger partial charge on any atom is 0.281 e. The molecular formula is C26H20F4N4O. The van der Waals surface area contributed by atoms with Crippen LogP contribution in [0.3, 0.4) is 0 Å². The summed E-state index contributed by atoms with van der Waals surface area (Å²) in [5.74, 6) is -4.18. The monoisotopic (exact) mass is 480 g/mol. The number of nitriles is 2. The van der Waals surface area contributed by atoms with Crippen molar-refractivity contribution in [2.75, 3.05) is 5.73 Å². The lowest BCUT2D eigenvalue weighted by atomic mass is 9.86. The van der Waals surface area contributed by atoms with E-state index in [1.54, 1.807) is 6.92 Å². The fraction of sp³-hybridized carbons (Fsp3) is 0.269. The smallest absolute Gasteiger partial charge is 0.281 e. The highest BCUT2D eigenvalue weighted by atomic mass is 19.3. The van der Waals surface area contributed by atoms with E-state index >= 15 is 0 Å². The van der Waals surface area contributed by atoms with Crippen molar-refractivity contribution < 1.29 is 22.7 Å². The van der Waals surface area contributed by atoms with E-state index in [1.165, 1.54) is 24.4 Å². The van der Waals surface area contributed by atoms with Crippen molar-refractivity contribution in [2.24, 2.45) is 0 Å². The molecule has 0 radical (unpaired) electrons. The number of aliphatic hydroxyl groups excluding tert-OH is 1. The van der Waals surface area contributed by atoms with Crippen molar-refractivity contribution >= 4 is 5.82 Å². The van der Waals surface area contributed by atoms with E-state index in [0.717, 1.165) is 12.1 Å². The number of hydrogen-bond donors (Lipinski definition) is 2. The minimum Gasteiger partial charge on any atom is -0.384 e. The Labute approximate surface area is 199 Å². The number of aliphatic hydroxyl groups is 1. The molecule has 0 bridgehead atoms. The molecule has 35 heavy (non-hydrogen) atoms. The number of pyridine rings is 1. The average molecular weight is 480 g/mol. The second-order valence-corrected chi connectivity index (χ2v) is 8.46. The minimum atomic E-state index is -3.49. The molecule has 5 nitrogen and oxygen atoms in total. The standard InChI is InChI=1S/C26H20F4N4O/c1-2-22(28)19-8-16(27)5-14(10-31)18(19)6-13-3-4-17(21-12-34-23(33)7-15(21)11-32)24-20(13)9-26(29,30)25(24)35/h3-5,7-8,12,22,25,35H,2,6,9H2,1H3,(H2,33,34). The summed E-state index contributed by atoms with van der Waals surface area (Å²) in [5.41, 5.74) is 6.70. The van der Waals surface area contributed by atoms with Crippen molar-refractivity contribution in [3.05, 3.63) is 81.3 Å². The molecule has 4 rings (SSSR count). The lowest BCUT2D eigenvalue weighted by molar-refractivity contribution is -0.0966. The third-order valence-electron chi connectivity index (χ3n) is 6.31. The molecule has 2 unspecified atom stereocenters. The quantitative estimate of drug-likeness (QED) is 0.473. The molecule has 3 N–H and O–H groups in total. The first-order valence-corrected chi connectivity index (χ1v) is 10.8.